The largest absolute Gasteiger partial charge is 0.530 e. The standard InChI is InChI=1S/C11H16N2O2/c1-9(7-12)13(11(14)15)8-10-5-3-2-4-6-10/h2-6,9H,7-8,12H2,1H3,(H,14,15)/p-1/t9-/m0/s1. The highest BCUT2D eigenvalue weighted by Crippen LogP contribution is 2.06. The van der Waals surface area contributed by atoms with Crippen LogP contribution in [0.25, 0.3) is 0 Å². The minimum Gasteiger partial charge on any atom is -0.530 e. The third-order valence-corrected chi connectivity index (χ3v) is 2.30. The number of rotatable bonds is 4. The van der Waals surface area contributed by atoms with Crippen molar-refractivity contribution in [1.82, 2.24) is 4.90 Å². The monoisotopic (exact) mass is 207 g/mol. The molecule has 0 spiro atoms. The van der Waals surface area contributed by atoms with E-state index >= 15 is 0 Å². The van der Waals surface area contributed by atoms with Gasteiger partial charge in [0.1, 0.15) is 6.09 Å². The van der Waals surface area contributed by atoms with Crippen LogP contribution in [-0.2, 0) is 6.54 Å². The van der Waals surface area contributed by atoms with Gasteiger partial charge in [-0.3, -0.25) is 0 Å². The van der Waals surface area contributed by atoms with E-state index in [0.29, 0.717) is 13.1 Å². The summed E-state index contributed by atoms with van der Waals surface area (Å²) in [5.41, 5.74) is 6.36. The van der Waals surface area contributed by atoms with Crippen molar-refractivity contribution in [3.05, 3.63) is 35.9 Å². The van der Waals surface area contributed by atoms with E-state index in [0.717, 1.165) is 5.56 Å². The Labute approximate surface area is 89.3 Å². The maximum Gasteiger partial charge on any atom is 0.137 e. The fourth-order valence-corrected chi connectivity index (χ4v) is 1.31. The van der Waals surface area contributed by atoms with Gasteiger partial charge in [0, 0.05) is 19.1 Å². The van der Waals surface area contributed by atoms with Crippen molar-refractivity contribution in [1.29, 1.82) is 0 Å². The van der Waals surface area contributed by atoms with E-state index in [4.69, 9.17) is 5.73 Å². The van der Waals surface area contributed by atoms with E-state index < -0.39 is 6.09 Å². The fraction of sp³-hybridized carbons (Fsp3) is 0.364. The molecular weight excluding hydrogens is 192 g/mol. The molecule has 1 aromatic rings. The third-order valence-electron chi connectivity index (χ3n) is 2.30. The number of hydrogen-bond acceptors (Lipinski definition) is 3. The van der Waals surface area contributed by atoms with E-state index in [1.165, 1.54) is 4.90 Å². The summed E-state index contributed by atoms with van der Waals surface area (Å²) >= 11 is 0. The zero-order valence-electron chi connectivity index (χ0n) is 8.72. The van der Waals surface area contributed by atoms with Crippen LogP contribution in [0.15, 0.2) is 30.3 Å². The SMILES string of the molecule is C[C@@H](CN)N(Cc1ccccc1)C(=O)[O-]. The highest BCUT2D eigenvalue weighted by atomic mass is 16.4. The van der Waals surface area contributed by atoms with Crippen LogP contribution in [0.4, 0.5) is 4.79 Å². The Morgan fingerprint density at radius 2 is 2.07 bits per heavy atom. The number of carboxylic acid groups (broad SMARTS) is 1. The van der Waals surface area contributed by atoms with Crippen LogP contribution < -0.4 is 10.8 Å². The van der Waals surface area contributed by atoms with Gasteiger partial charge in [0.15, 0.2) is 0 Å². The van der Waals surface area contributed by atoms with Crippen LogP contribution in [0.5, 0.6) is 0 Å². The molecule has 2 N–H and O–H groups in total. The van der Waals surface area contributed by atoms with Crippen LogP contribution in [0, 0.1) is 0 Å². The molecule has 0 bridgehead atoms. The molecule has 1 rings (SSSR count). The lowest BCUT2D eigenvalue weighted by Gasteiger charge is -2.30. The van der Waals surface area contributed by atoms with Gasteiger partial charge >= 0.3 is 0 Å². The van der Waals surface area contributed by atoms with Gasteiger partial charge < -0.3 is 20.5 Å². The Morgan fingerprint density at radius 1 is 1.47 bits per heavy atom. The van der Waals surface area contributed by atoms with Crippen molar-refractivity contribution in [2.45, 2.75) is 19.5 Å². The first-order valence-corrected chi connectivity index (χ1v) is 4.86. The molecule has 4 nitrogen and oxygen atoms in total. The second-order valence-corrected chi connectivity index (χ2v) is 3.46. The van der Waals surface area contributed by atoms with Crippen LogP contribution in [0.3, 0.4) is 0 Å². The molecule has 0 aliphatic heterocycles. The Morgan fingerprint density at radius 3 is 2.53 bits per heavy atom. The molecule has 4 heteroatoms. The van der Waals surface area contributed by atoms with Gasteiger partial charge in [-0.05, 0) is 12.5 Å². The zero-order valence-corrected chi connectivity index (χ0v) is 8.72. The minimum absolute atomic E-state index is 0.227. The Balaban J connectivity index is 2.71. The summed E-state index contributed by atoms with van der Waals surface area (Å²) in [5, 5.41) is 10.9. The lowest BCUT2D eigenvalue weighted by molar-refractivity contribution is -0.268. The number of benzene rings is 1. The predicted molar refractivity (Wildman–Crippen MR) is 55.9 cm³/mol. The molecule has 0 heterocycles. The smallest absolute Gasteiger partial charge is 0.137 e. The first-order valence-electron chi connectivity index (χ1n) is 4.86. The van der Waals surface area contributed by atoms with Gasteiger partial charge in [-0.15, -0.1) is 0 Å². The van der Waals surface area contributed by atoms with Crippen molar-refractivity contribution in [3.8, 4) is 0 Å². The maximum atomic E-state index is 10.9. The van der Waals surface area contributed by atoms with Crippen molar-refractivity contribution >= 4 is 6.09 Å². The van der Waals surface area contributed by atoms with E-state index in [-0.39, 0.29) is 6.04 Å². The molecule has 0 aliphatic carbocycles. The summed E-state index contributed by atoms with van der Waals surface area (Å²) in [6.45, 7) is 2.38. The quantitative estimate of drug-likeness (QED) is 0.765. The lowest BCUT2D eigenvalue weighted by Crippen LogP contribution is -2.48. The third kappa shape index (κ3) is 3.25. The number of nitrogens with two attached hydrogens (primary N) is 1. The number of amides is 1. The van der Waals surface area contributed by atoms with Crippen molar-refractivity contribution in [2.75, 3.05) is 6.54 Å². The van der Waals surface area contributed by atoms with Crippen molar-refractivity contribution < 1.29 is 9.90 Å². The molecule has 1 amide bonds. The first kappa shape index (κ1) is 11.5. The molecule has 1 atom stereocenters. The lowest BCUT2D eigenvalue weighted by atomic mass is 10.2. The molecule has 0 aromatic heterocycles. The van der Waals surface area contributed by atoms with Crippen LogP contribution >= 0.6 is 0 Å². The number of nitrogens with zero attached hydrogens (tertiary/aromatic N) is 1. The minimum atomic E-state index is -1.18. The molecule has 0 fully saturated rings. The number of carbonyl (C=O) groups is 1. The molecule has 82 valence electrons. The van der Waals surface area contributed by atoms with Gasteiger partial charge in [0.25, 0.3) is 0 Å². The Bertz CT molecular complexity index is 314. The van der Waals surface area contributed by atoms with Crippen molar-refractivity contribution in [2.24, 2.45) is 5.73 Å². The highest BCUT2D eigenvalue weighted by Gasteiger charge is 2.11. The van der Waals surface area contributed by atoms with Gasteiger partial charge in [-0.25, -0.2) is 0 Å². The summed E-state index contributed by atoms with van der Waals surface area (Å²) in [5.74, 6) is 0. The zero-order chi connectivity index (χ0) is 11.3. The predicted octanol–water partition coefficient (Wildman–Crippen LogP) is 0.179. The summed E-state index contributed by atoms with van der Waals surface area (Å²) in [6, 6.07) is 9.15. The first-order chi connectivity index (χ1) is 7.15. The van der Waals surface area contributed by atoms with E-state index in [2.05, 4.69) is 0 Å². The highest BCUT2D eigenvalue weighted by molar-refractivity contribution is 5.63. The fourth-order valence-electron chi connectivity index (χ4n) is 1.31. The number of hydrogen-bond donors (Lipinski definition) is 1. The second-order valence-electron chi connectivity index (χ2n) is 3.46. The molecule has 0 saturated heterocycles. The Kier molecular flexibility index (Phi) is 4.12. The maximum absolute atomic E-state index is 10.9. The van der Waals surface area contributed by atoms with Gasteiger partial charge in [0.05, 0.1) is 0 Å². The van der Waals surface area contributed by atoms with E-state index in [1.807, 2.05) is 30.3 Å². The number of carbonyl (C=O) groups excluding carboxylic acids is 1. The summed E-state index contributed by atoms with van der Waals surface area (Å²) in [6.07, 6.45) is -1.18. The Hall–Kier alpha value is -1.55. The van der Waals surface area contributed by atoms with Gasteiger partial charge in [-0.1, -0.05) is 30.3 Å². The molecule has 0 radical (unpaired) electrons. The van der Waals surface area contributed by atoms with Crippen molar-refractivity contribution in [3.63, 3.8) is 0 Å². The molecule has 0 aliphatic rings. The topological polar surface area (TPSA) is 69.4 Å². The van der Waals surface area contributed by atoms with Crippen LogP contribution in [0.2, 0.25) is 0 Å². The molecular formula is C11H15N2O2-. The summed E-state index contributed by atoms with van der Waals surface area (Å²) in [4.78, 5) is 12.1. The van der Waals surface area contributed by atoms with Gasteiger partial charge in [0.2, 0.25) is 0 Å². The molecule has 1 aromatic carbocycles. The summed E-state index contributed by atoms with van der Waals surface area (Å²) < 4.78 is 0. The molecule has 15 heavy (non-hydrogen) atoms. The van der Waals surface area contributed by atoms with Crippen LogP contribution in [0.1, 0.15) is 12.5 Å². The van der Waals surface area contributed by atoms with Gasteiger partial charge in [-0.2, -0.15) is 0 Å². The van der Waals surface area contributed by atoms with Crippen LogP contribution in [-0.4, -0.2) is 23.6 Å². The summed E-state index contributed by atoms with van der Waals surface area (Å²) in [7, 11) is 0. The molecule has 0 unspecified atom stereocenters. The van der Waals surface area contributed by atoms with E-state index in [1.54, 1.807) is 6.92 Å². The second kappa shape index (κ2) is 5.36. The average molecular weight is 207 g/mol. The normalized spacial score (nSPS) is 12.1. The average Bonchev–Trinajstić information content (AvgIpc) is 2.26. The molecule has 0 saturated carbocycles. The van der Waals surface area contributed by atoms with E-state index in [9.17, 15) is 9.90 Å².